The van der Waals surface area contributed by atoms with Crippen LogP contribution in [0.1, 0.15) is 22.8 Å². The van der Waals surface area contributed by atoms with Crippen molar-refractivity contribution in [3.63, 3.8) is 0 Å². The van der Waals surface area contributed by atoms with Crippen LogP contribution in [0.3, 0.4) is 0 Å². The highest BCUT2D eigenvalue weighted by atomic mass is 16.3. The van der Waals surface area contributed by atoms with Crippen molar-refractivity contribution >= 4 is 5.91 Å². The van der Waals surface area contributed by atoms with E-state index in [2.05, 4.69) is 0 Å². The first-order valence-electron chi connectivity index (χ1n) is 3.77. The molecule has 0 aliphatic rings. The van der Waals surface area contributed by atoms with Gasteiger partial charge in [-0.05, 0) is 18.1 Å². The van der Waals surface area contributed by atoms with Crippen molar-refractivity contribution in [2.45, 2.75) is 13.3 Å². The predicted molar refractivity (Wildman–Crippen MR) is 46.0 cm³/mol. The van der Waals surface area contributed by atoms with E-state index in [9.17, 15) is 9.90 Å². The lowest BCUT2D eigenvalue weighted by molar-refractivity contribution is 0.0997. The van der Waals surface area contributed by atoms with E-state index in [0.717, 1.165) is 5.56 Å². The van der Waals surface area contributed by atoms with Gasteiger partial charge in [0.2, 0.25) is 0 Å². The molecular formula is C9H11NO2. The zero-order valence-corrected chi connectivity index (χ0v) is 6.87. The Balaban J connectivity index is 3.29. The Morgan fingerprint density at radius 3 is 2.67 bits per heavy atom. The molecule has 64 valence electrons. The van der Waals surface area contributed by atoms with Crippen LogP contribution in [0.5, 0.6) is 5.75 Å². The molecule has 0 saturated heterocycles. The molecule has 0 fully saturated rings. The van der Waals surface area contributed by atoms with Gasteiger partial charge < -0.3 is 10.8 Å². The fourth-order valence-corrected chi connectivity index (χ4v) is 1.17. The van der Waals surface area contributed by atoms with Crippen molar-refractivity contribution in [3.8, 4) is 5.75 Å². The molecule has 0 aliphatic carbocycles. The third-order valence-electron chi connectivity index (χ3n) is 1.76. The normalized spacial score (nSPS) is 9.75. The number of carbonyl (C=O) groups excluding carboxylic acids is 1. The van der Waals surface area contributed by atoms with Gasteiger partial charge in [-0.25, -0.2) is 0 Å². The monoisotopic (exact) mass is 165 g/mol. The quantitative estimate of drug-likeness (QED) is 0.688. The Morgan fingerprint density at radius 2 is 2.25 bits per heavy atom. The van der Waals surface area contributed by atoms with Crippen molar-refractivity contribution < 1.29 is 9.90 Å². The SMILES string of the molecule is CCc1cccc(O)c1C(N)=O. The molecule has 3 nitrogen and oxygen atoms in total. The minimum atomic E-state index is -0.579. The van der Waals surface area contributed by atoms with Crippen molar-refractivity contribution in [3.05, 3.63) is 29.3 Å². The number of hydrogen-bond acceptors (Lipinski definition) is 2. The molecule has 0 saturated carbocycles. The Kier molecular flexibility index (Phi) is 2.33. The molecule has 1 rings (SSSR count). The zero-order chi connectivity index (χ0) is 9.14. The van der Waals surface area contributed by atoms with Gasteiger partial charge in [0, 0.05) is 0 Å². The summed E-state index contributed by atoms with van der Waals surface area (Å²) in [4.78, 5) is 10.9. The van der Waals surface area contributed by atoms with Crippen molar-refractivity contribution in [1.82, 2.24) is 0 Å². The van der Waals surface area contributed by atoms with Crippen LogP contribution in [-0.4, -0.2) is 11.0 Å². The molecule has 0 unspecified atom stereocenters. The van der Waals surface area contributed by atoms with E-state index in [1.165, 1.54) is 6.07 Å². The van der Waals surface area contributed by atoms with Gasteiger partial charge in [-0.1, -0.05) is 19.1 Å². The van der Waals surface area contributed by atoms with Crippen LogP contribution < -0.4 is 5.73 Å². The summed E-state index contributed by atoms with van der Waals surface area (Å²) in [7, 11) is 0. The number of hydrogen-bond donors (Lipinski definition) is 2. The summed E-state index contributed by atoms with van der Waals surface area (Å²) in [6.45, 7) is 1.90. The summed E-state index contributed by atoms with van der Waals surface area (Å²) in [6.07, 6.45) is 0.687. The number of aromatic hydroxyl groups is 1. The number of primary amides is 1. The second kappa shape index (κ2) is 3.26. The molecule has 0 aromatic heterocycles. The summed E-state index contributed by atoms with van der Waals surface area (Å²) in [6, 6.07) is 4.93. The summed E-state index contributed by atoms with van der Waals surface area (Å²) in [5.41, 5.74) is 6.11. The molecule has 0 bridgehead atoms. The third kappa shape index (κ3) is 1.39. The van der Waals surface area contributed by atoms with E-state index in [0.29, 0.717) is 6.42 Å². The Labute approximate surface area is 70.8 Å². The highest BCUT2D eigenvalue weighted by Crippen LogP contribution is 2.20. The number of carbonyl (C=O) groups is 1. The lowest BCUT2D eigenvalue weighted by atomic mass is 10.0. The van der Waals surface area contributed by atoms with Gasteiger partial charge >= 0.3 is 0 Å². The van der Waals surface area contributed by atoms with Gasteiger partial charge in [-0.15, -0.1) is 0 Å². The van der Waals surface area contributed by atoms with Gasteiger partial charge in [0.1, 0.15) is 5.75 Å². The Hall–Kier alpha value is -1.51. The number of aryl methyl sites for hydroxylation is 1. The molecule has 12 heavy (non-hydrogen) atoms. The molecule has 3 heteroatoms. The second-order valence-corrected chi connectivity index (χ2v) is 2.53. The molecule has 0 atom stereocenters. The van der Waals surface area contributed by atoms with Gasteiger partial charge in [-0.2, -0.15) is 0 Å². The van der Waals surface area contributed by atoms with Gasteiger partial charge in [0.25, 0.3) is 5.91 Å². The smallest absolute Gasteiger partial charge is 0.252 e. The molecule has 0 heterocycles. The average Bonchev–Trinajstić information content (AvgIpc) is 2.03. The fourth-order valence-electron chi connectivity index (χ4n) is 1.17. The maximum absolute atomic E-state index is 10.9. The van der Waals surface area contributed by atoms with Crippen molar-refractivity contribution in [1.29, 1.82) is 0 Å². The third-order valence-corrected chi connectivity index (χ3v) is 1.76. The maximum Gasteiger partial charge on any atom is 0.252 e. The maximum atomic E-state index is 10.9. The van der Waals surface area contributed by atoms with Crippen LogP contribution in [0.4, 0.5) is 0 Å². The minimum absolute atomic E-state index is 0.0400. The van der Waals surface area contributed by atoms with Crippen molar-refractivity contribution in [2.24, 2.45) is 5.73 Å². The fraction of sp³-hybridized carbons (Fsp3) is 0.222. The first-order valence-corrected chi connectivity index (χ1v) is 3.77. The minimum Gasteiger partial charge on any atom is -0.507 e. The molecular weight excluding hydrogens is 154 g/mol. The van der Waals surface area contributed by atoms with E-state index in [1.54, 1.807) is 12.1 Å². The van der Waals surface area contributed by atoms with Crippen molar-refractivity contribution in [2.75, 3.05) is 0 Å². The van der Waals surface area contributed by atoms with E-state index in [-0.39, 0.29) is 11.3 Å². The number of phenols is 1. The summed E-state index contributed by atoms with van der Waals surface area (Å²) >= 11 is 0. The van der Waals surface area contributed by atoms with Crippen LogP contribution in [0, 0.1) is 0 Å². The second-order valence-electron chi connectivity index (χ2n) is 2.53. The summed E-state index contributed by atoms with van der Waals surface area (Å²) < 4.78 is 0. The van der Waals surface area contributed by atoms with E-state index < -0.39 is 5.91 Å². The van der Waals surface area contributed by atoms with Gasteiger partial charge in [0.05, 0.1) is 5.56 Å². The largest absolute Gasteiger partial charge is 0.507 e. The van der Waals surface area contributed by atoms with Crippen LogP contribution in [0.15, 0.2) is 18.2 Å². The van der Waals surface area contributed by atoms with Crippen LogP contribution in [0.2, 0.25) is 0 Å². The first kappa shape index (κ1) is 8.59. The number of amides is 1. The van der Waals surface area contributed by atoms with Crippen LogP contribution in [-0.2, 0) is 6.42 Å². The highest BCUT2D eigenvalue weighted by molar-refractivity contribution is 5.97. The summed E-state index contributed by atoms with van der Waals surface area (Å²) in [5, 5.41) is 9.29. The molecule has 0 aliphatic heterocycles. The molecule has 3 N–H and O–H groups in total. The Morgan fingerprint density at radius 1 is 1.58 bits per heavy atom. The summed E-state index contributed by atoms with van der Waals surface area (Å²) in [5.74, 6) is -0.619. The molecule has 1 aromatic carbocycles. The van der Waals surface area contributed by atoms with Gasteiger partial charge in [0.15, 0.2) is 0 Å². The number of nitrogens with two attached hydrogens (primary N) is 1. The number of benzene rings is 1. The molecule has 0 spiro atoms. The number of rotatable bonds is 2. The molecule has 1 amide bonds. The van der Waals surface area contributed by atoms with E-state index in [1.807, 2.05) is 6.92 Å². The van der Waals surface area contributed by atoms with Crippen LogP contribution in [0.25, 0.3) is 0 Å². The van der Waals surface area contributed by atoms with Gasteiger partial charge in [-0.3, -0.25) is 4.79 Å². The molecule has 1 aromatic rings. The predicted octanol–water partition coefficient (Wildman–Crippen LogP) is 1.05. The average molecular weight is 165 g/mol. The van der Waals surface area contributed by atoms with Crippen LogP contribution >= 0.6 is 0 Å². The highest BCUT2D eigenvalue weighted by Gasteiger charge is 2.10. The molecule has 0 radical (unpaired) electrons. The van der Waals surface area contributed by atoms with E-state index >= 15 is 0 Å². The zero-order valence-electron chi connectivity index (χ0n) is 6.87. The van der Waals surface area contributed by atoms with E-state index in [4.69, 9.17) is 5.73 Å². The lowest BCUT2D eigenvalue weighted by Crippen LogP contribution is -2.13. The lowest BCUT2D eigenvalue weighted by Gasteiger charge is -2.05. The first-order chi connectivity index (χ1) is 5.66. The Bertz CT molecular complexity index is 307. The standard InChI is InChI=1S/C9H11NO2/c1-2-6-4-3-5-7(11)8(6)9(10)12/h3-5,11H,2H2,1H3,(H2,10,12). The topological polar surface area (TPSA) is 63.3 Å².